The fourth-order valence-corrected chi connectivity index (χ4v) is 2.35. The Labute approximate surface area is 127 Å². The molecule has 1 aliphatic heterocycles. The summed E-state index contributed by atoms with van der Waals surface area (Å²) in [6.45, 7) is 3.59. The second-order valence-electron chi connectivity index (χ2n) is 5.09. The smallest absolute Gasteiger partial charge is 0.269 e. The normalized spacial score (nSPS) is 12.8. The van der Waals surface area contributed by atoms with Gasteiger partial charge in [-0.3, -0.25) is 10.1 Å². The van der Waals surface area contributed by atoms with E-state index >= 15 is 0 Å². The van der Waals surface area contributed by atoms with Crippen LogP contribution >= 0.6 is 0 Å². The molecule has 0 aromatic heterocycles. The van der Waals surface area contributed by atoms with Gasteiger partial charge in [0.15, 0.2) is 11.5 Å². The minimum atomic E-state index is -0.391. The number of nitro groups is 1. The molecule has 0 bridgehead atoms. The zero-order valence-corrected chi connectivity index (χ0v) is 12.2. The van der Waals surface area contributed by atoms with Gasteiger partial charge in [-0.05, 0) is 36.2 Å². The molecule has 6 nitrogen and oxygen atoms in total. The van der Waals surface area contributed by atoms with E-state index in [1.807, 2.05) is 25.1 Å². The Morgan fingerprint density at radius 1 is 1.14 bits per heavy atom. The van der Waals surface area contributed by atoms with Crippen LogP contribution in [0.15, 0.2) is 36.4 Å². The van der Waals surface area contributed by atoms with Gasteiger partial charge in [-0.2, -0.15) is 0 Å². The van der Waals surface area contributed by atoms with Gasteiger partial charge in [0.2, 0.25) is 0 Å². The molecule has 0 atom stereocenters. The Hall–Kier alpha value is -2.76. The van der Waals surface area contributed by atoms with Crippen molar-refractivity contribution in [3.63, 3.8) is 0 Å². The molecule has 1 N–H and O–H groups in total. The van der Waals surface area contributed by atoms with Crippen molar-refractivity contribution in [1.29, 1.82) is 0 Å². The van der Waals surface area contributed by atoms with Gasteiger partial charge in [-0.15, -0.1) is 0 Å². The standard InChI is InChI=1S/C16H16N2O4/c1-11-8-13(18(19)20)3-4-14(11)17-10-12-2-5-15-16(9-12)22-7-6-21-15/h2-5,8-9,17H,6-7,10H2,1H3. The van der Waals surface area contributed by atoms with Crippen LogP contribution in [-0.2, 0) is 6.54 Å². The highest BCUT2D eigenvalue weighted by Gasteiger charge is 2.12. The number of anilines is 1. The van der Waals surface area contributed by atoms with Crippen molar-refractivity contribution in [2.75, 3.05) is 18.5 Å². The summed E-state index contributed by atoms with van der Waals surface area (Å²) >= 11 is 0. The second kappa shape index (κ2) is 5.93. The molecule has 1 aliphatic rings. The Morgan fingerprint density at radius 2 is 1.91 bits per heavy atom. The maximum absolute atomic E-state index is 10.7. The number of aryl methyl sites for hydroxylation is 1. The lowest BCUT2D eigenvalue weighted by Crippen LogP contribution is -2.15. The number of non-ortho nitro benzene ring substituents is 1. The molecule has 0 amide bonds. The summed E-state index contributed by atoms with van der Waals surface area (Å²) in [5, 5.41) is 14.0. The predicted molar refractivity (Wildman–Crippen MR) is 82.6 cm³/mol. The fraction of sp³-hybridized carbons (Fsp3) is 0.250. The average molecular weight is 300 g/mol. The molecule has 2 aromatic carbocycles. The van der Waals surface area contributed by atoms with E-state index in [0.29, 0.717) is 19.8 Å². The lowest BCUT2D eigenvalue weighted by atomic mass is 10.1. The fourth-order valence-electron chi connectivity index (χ4n) is 2.35. The minimum Gasteiger partial charge on any atom is -0.486 e. The van der Waals surface area contributed by atoms with Gasteiger partial charge in [-0.1, -0.05) is 6.07 Å². The van der Waals surface area contributed by atoms with Crippen molar-refractivity contribution in [2.24, 2.45) is 0 Å². The zero-order valence-electron chi connectivity index (χ0n) is 12.2. The molecule has 22 heavy (non-hydrogen) atoms. The van der Waals surface area contributed by atoms with Gasteiger partial charge in [-0.25, -0.2) is 0 Å². The first kappa shape index (κ1) is 14.2. The minimum absolute atomic E-state index is 0.0994. The molecule has 3 rings (SSSR count). The molecular weight excluding hydrogens is 284 g/mol. The van der Waals surface area contributed by atoms with Gasteiger partial charge in [0.1, 0.15) is 13.2 Å². The van der Waals surface area contributed by atoms with Crippen molar-refractivity contribution >= 4 is 11.4 Å². The highest BCUT2D eigenvalue weighted by atomic mass is 16.6. The van der Waals surface area contributed by atoms with Crippen molar-refractivity contribution < 1.29 is 14.4 Å². The molecule has 2 aromatic rings. The number of nitrogens with zero attached hydrogens (tertiary/aromatic N) is 1. The number of ether oxygens (including phenoxy) is 2. The van der Waals surface area contributed by atoms with Crippen LogP contribution in [0.2, 0.25) is 0 Å². The largest absolute Gasteiger partial charge is 0.486 e. The van der Waals surface area contributed by atoms with Crippen LogP contribution in [0.1, 0.15) is 11.1 Å². The van der Waals surface area contributed by atoms with E-state index in [4.69, 9.17) is 9.47 Å². The Bertz CT molecular complexity index is 715. The summed E-state index contributed by atoms with van der Waals surface area (Å²) in [4.78, 5) is 10.3. The molecule has 0 saturated heterocycles. The maximum atomic E-state index is 10.7. The Morgan fingerprint density at radius 3 is 2.64 bits per heavy atom. The van der Waals surface area contributed by atoms with Gasteiger partial charge in [0, 0.05) is 24.4 Å². The number of rotatable bonds is 4. The first-order valence-corrected chi connectivity index (χ1v) is 7.01. The monoisotopic (exact) mass is 300 g/mol. The van der Waals surface area contributed by atoms with Crippen LogP contribution in [0.25, 0.3) is 0 Å². The first-order valence-electron chi connectivity index (χ1n) is 7.01. The number of benzene rings is 2. The number of hydrogen-bond acceptors (Lipinski definition) is 5. The van der Waals surface area contributed by atoms with Crippen molar-refractivity contribution in [2.45, 2.75) is 13.5 Å². The van der Waals surface area contributed by atoms with E-state index in [-0.39, 0.29) is 5.69 Å². The molecule has 0 radical (unpaired) electrons. The van der Waals surface area contributed by atoms with Crippen LogP contribution in [0.4, 0.5) is 11.4 Å². The summed E-state index contributed by atoms with van der Waals surface area (Å²) in [7, 11) is 0. The second-order valence-corrected chi connectivity index (χ2v) is 5.09. The molecule has 0 unspecified atom stereocenters. The summed E-state index contributed by atoms with van der Waals surface area (Å²) in [6, 6.07) is 10.6. The third kappa shape index (κ3) is 2.95. The van der Waals surface area contributed by atoms with Crippen molar-refractivity contribution in [1.82, 2.24) is 0 Å². The maximum Gasteiger partial charge on any atom is 0.269 e. The molecule has 0 aliphatic carbocycles. The molecule has 0 fully saturated rings. The number of nitrogens with one attached hydrogen (secondary N) is 1. The number of nitro benzene ring substituents is 1. The van der Waals surface area contributed by atoms with E-state index < -0.39 is 4.92 Å². The molecule has 114 valence electrons. The third-order valence-corrected chi connectivity index (χ3v) is 3.51. The summed E-state index contributed by atoms with van der Waals surface area (Å²) in [5.74, 6) is 1.52. The summed E-state index contributed by atoms with van der Waals surface area (Å²) in [5.41, 5.74) is 2.87. The van der Waals surface area contributed by atoms with Gasteiger partial charge >= 0.3 is 0 Å². The van der Waals surface area contributed by atoms with E-state index in [0.717, 1.165) is 28.3 Å². The Balaban J connectivity index is 1.71. The van der Waals surface area contributed by atoms with E-state index in [2.05, 4.69) is 5.32 Å². The molecule has 1 heterocycles. The van der Waals surface area contributed by atoms with E-state index in [9.17, 15) is 10.1 Å². The molecule has 0 saturated carbocycles. The molecule has 6 heteroatoms. The molecule has 0 spiro atoms. The third-order valence-electron chi connectivity index (χ3n) is 3.51. The van der Waals surface area contributed by atoms with Crippen LogP contribution in [0.5, 0.6) is 11.5 Å². The summed E-state index contributed by atoms with van der Waals surface area (Å²) in [6.07, 6.45) is 0. The average Bonchev–Trinajstić information content (AvgIpc) is 2.53. The van der Waals surface area contributed by atoms with Gasteiger partial charge < -0.3 is 14.8 Å². The van der Waals surface area contributed by atoms with Crippen LogP contribution in [-0.4, -0.2) is 18.1 Å². The lowest BCUT2D eigenvalue weighted by molar-refractivity contribution is -0.384. The molecular formula is C16H16N2O4. The van der Waals surface area contributed by atoms with Gasteiger partial charge in [0.25, 0.3) is 5.69 Å². The predicted octanol–water partition coefficient (Wildman–Crippen LogP) is 3.29. The first-order chi connectivity index (χ1) is 10.6. The Kier molecular flexibility index (Phi) is 3.82. The quantitative estimate of drug-likeness (QED) is 0.693. The summed E-state index contributed by atoms with van der Waals surface area (Å²) < 4.78 is 11.0. The van der Waals surface area contributed by atoms with E-state index in [1.165, 1.54) is 6.07 Å². The number of fused-ring (bicyclic) bond motifs is 1. The van der Waals surface area contributed by atoms with Crippen molar-refractivity contribution in [3.05, 3.63) is 57.6 Å². The highest BCUT2D eigenvalue weighted by molar-refractivity contribution is 5.56. The topological polar surface area (TPSA) is 73.6 Å². The van der Waals surface area contributed by atoms with Gasteiger partial charge in [0.05, 0.1) is 4.92 Å². The lowest BCUT2D eigenvalue weighted by Gasteiger charge is -2.19. The van der Waals surface area contributed by atoms with Crippen LogP contribution < -0.4 is 14.8 Å². The van der Waals surface area contributed by atoms with E-state index in [1.54, 1.807) is 12.1 Å². The SMILES string of the molecule is Cc1cc([N+](=O)[O-])ccc1NCc1ccc2c(c1)OCCO2. The van der Waals surface area contributed by atoms with Crippen molar-refractivity contribution in [3.8, 4) is 11.5 Å². The number of hydrogen-bond donors (Lipinski definition) is 1. The zero-order chi connectivity index (χ0) is 15.5. The van der Waals surface area contributed by atoms with Crippen LogP contribution in [0, 0.1) is 17.0 Å². The van der Waals surface area contributed by atoms with Crippen LogP contribution in [0.3, 0.4) is 0 Å². The highest BCUT2D eigenvalue weighted by Crippen LogP contribution is 2.31.